The number of hydrogen-bond donors (Lipinski definition) is 1. The summed E-state index contributed by atoms with van der Waals surface area (Å²) in [5.74, 6) is 0. The van der Waals surface area contributed by atoms with Crippen molar-refractivity contribution in [1.29, 1.82) is 0 Å². The molecule has 3 rings (SSSR count). The lowest BCUT2D eigenvalue weighted by Crippen LogP contribution is -1.95. The summed E-state index contributed by atoms with van der Waals surface area (Å²) >= 11 is 4.75. The lowest BCUT2D eigenvalue weighted by atomic mass is 10.2. The molecular weight excluding hydrogens is 426 g/mol. The molecule has 0 unspecified atom stereocenters. The first-order valence-electron chi connectivity index (χ1n) is 8.09. The maximum absolute atomic E-state index is 11.5. The second-order valence-corrected chi connectivity index (χ2v) is 7.81. The third-order valence-electron chi connectivity index (χ3n) is 3.68. The van der Waals surface area contributed by atoms with Gasteiger partial charge in [0.1, 0.15) is 0 Å². The first-order valence-corrected chi connectivity index (χ1v) is 9.70. The molecule has 0 saturated heterocycles. The standard InChI is InChI=1S/C20H16BrN3O2S/c1-14-2-9-18(10-3-14)27-20-11-4-15(12-19(20)24(25)26)13-22-23-17-7-5-16(21)6-8-17/h2-13,23H,1H3/b22-13-. The normalized spacial score (nSPS) is 10.9. The van der Waals surface area contributed by atoms with Crippen LogP contribution in [0.25, 0.3) is 0 Å². The van der Waals surface area contributed by atoms with E-state index in [1.807, 2.05) is 61.5 Å². The van der Waals surface area contributed by atoms with E-state index in [4.69, 9.17) is 0 Å². The molecule has 0 saturated carbocycles. The van der Waals surface area contributed by atoms with Crippen LogP contribution in [-0.4, -0.2) is 11.1 Å². The molecule has 0 fully saturated rings. The monoisotopic (exact) mass is 441 g/mol. The van der Waals surface area contributed by atoms with Gasteiger partial charge in [-0.1, -0.05) is 51.5 Å². The van der Waals surface area contributed by atoms with Gasteiger partial charge < -0.3 is 0 Å². The molecule has 0 amide bonds. The van der Waals surface area contributed by atoms with E-state index in [-0.39, 0.29) is 10.6 Å². The van der Waals surface area contributed by atoms with Crippen molar-refractivity contribution in [2.75, 3.05) is 5.43 Å². The summed E-state index contributed by atoms with van der Waals surface area (Å²) in [6.07, 6.45) is 1.56. The Kier molecular flexibility index (Phi) is 6.26. The average Bonchev–Trinajstić information content (AvgIpc) is 2.66. The van der Waals surface area contributed by atoms with E-state index in [1.54, 1.807) is 12.3 Å². The van der Waals surface area contributed by atoms with Crippen LogP contribution in [0.1, 0.15) is 11.1 Å². The number of nitro benzene ring substituents is 1. The zero-order chi connectivity index (χ0) is 19.2. The predicted octanol–water partition coefficient (Wildman–Crippen LogP) is 6.26. The largest absolute Gasteiger partial charge is 0.283 e. The summed E-state index contributed by atoms with van der Waals surface area (Å²) in [4.78, 5) is 12.7. The number of anilines is 1. The number of hydrazone groups is 1. The van der Waals surface area contributed by atoms with Crippen LogP contribution >= 0.6 is 27.7 Å². The fraction of sp³-hybridized carbons (Fsp3) is 0.0500. The van der Waals surface area contributed by atoms with Gasteiger partial charge in [0.25, 0.3) is 5.69 Å². The van der Waals surface area contributed by atoms with Gasteiger partial charge in [0.05, 0.1) is 21.7 Å². The van der Waals surface area contributed by atoms with Crippen molar-refractivity contribution in [3.8, 4) is 0 Å². The molecule has 27 heavy (non-hydrogen) atoms. The second kappa shape index (κ2) is 8.83. The van der Waals surface area contributed by atoms with Gasteiger partial charge in [0, 0.05) is 21.0 Å². The maximum Gasteiger partial charge on any atom is 0.283 e. The highest BCUT2D eigenvalue weighted by Crippen LogP contribution is 2.35. The Bertz CT molecular complexity index is 974. The minimum Gasteiger partial charge on any atom is -0.279 e. The summed E-state index contributed by atoms with van der Waals surface area (Å²) in [5, 5.41) is 15.6. The molecule has 0 heterocycles. The smallest absolute Gasteiger partial charge is 0.279 e. The Balaban J connectivity index is 1.76. The highest BCUT2D eigenvalue weighted by Gasteiger charge is 2.15. The molecule has 136 valence electrons. The molecule has 7 heteroatoms. The van der Waals surface area contributed by atoms with E-state index in [2.05, 4.69) is 26.5 Å². The van der Waals surface area contributed by atoms with Crippen LogP contribution in [0.5, 0.6) is 0 Å². The van der Waals surface area contributed by atoms with Crippen LogP contribution in [0, 0.1) is 17.0 Å². The van der Waals surface area contributed by atoms with E-state index >= 15 is 0 Å². The van der Waals surface area contributed by atoms with Gasteiger partial charge in [-0.25, -0.2) is 0 Å². The van der Waals surface area contributed by atoms with Crippen LogP contribution in [0.4, 0.5) is 11.4 Å². The second-order valence-electron chi connectivity index (χ2n) is 5.78. The molecule has 0 radical (unpaired) electrons. The van der Waals surface area contributed by atoms with Crippen molar-refractivity contribution in [3.63, 3.8) is 0 Å². The third-order valence-corrected chi connectivity index (χ3v) is 5.28. The summed E-state index contributed by atoms with van der Waals surface area (Å²) < 4.78 is 0.981. The van der Waals surface area contributed by atoms with Gasteiger partial charge in [-0.15, -0.1) is 0 Å². The number of halogens is 1. The molecule has 0 aliphatic heterocycles. The predicted molar refractivity (Wildman–Crippen MR) is 114 cm³/mol. The molecule has 3 aromatic rings. The van der Waals surface area contributed by atoms with E-state index in [0.29, 0.717) is 10.5 Å². The van der Waals surface area contributed by atoms with Crippen LogP contribution in [0.15, 0.2) is 86.1 Å². The van der Waals surface area contributed by atoms with E-state index < -0.39 is 0 Å². The number of rotatable bonds is 6. The fourth-order valence-corrected chi connectivity index (χ4v) is 3.45. The number of nitro groups is 1. The maximum atomic E-state index is 11.5. The number of nitrogens with zero attached hydrogens (tertiary/aromatic N) is 2. The van der Waals surface area contributed by atoms with Crippen molar-refractivity contribution < 1.29 is 4.92 Å². The SMILES string of the molecule is Cc1ccc(Sc2ccc(/C=N\Nc3ccc(Br)cc3)cc2[N+](=O)[O-])cc1. The van der Waals surface area contributed by atoms with E-state index in [0.717, 1.165) is 20.6 Å². The molecule has 0 aliphatic rings. The average molecular weight is 442 g/mol. The molecule has 0 aliphatic carbocycles. The molecule has 0 aromatic heterocycles. The summed E-state index contributed by atoms with van der Waals surface area (Å²) in [7, 11) is 0. The molecule has 0 bridgehead atoms. The minimum atomic E-state index is -0.365. The van der Waals surface area contributed by atoms with Crippen molar-refractivity contribution in [2.45, 2.75) is 16.7 Å². The van der Waals surface area contributed by atoms with Crippen molar-refractivity contribution in [3.05, 3.63) is 92.4 Å². The molecule has 0 spiro atoms. The first-order chi connectivity index (χ1) is 13.0. The molecule has 5 nitrogen and oxygen atoms in total. The zero-order valence-corrected chi connectivity index (χ0v) is 16.8. The van der Waals surface area contributed by atoms with Gasteiger partial charge in [0.15, 0.2) is 0 Å². The van der Waals surface area contributed by atoms with Gasteiger partial charge in [0.2, 0.25) is 0 Å². The number of hydrogen-bond acceptors (Lipinski definition) is 5. The highest BCUT2D eigenvalue weighted by atomic mass is 79.9. The molecule has 3 aromatic carbocycles. The van der Waals surface area contributed by atoms with Gasteiger partial charge in [-0.3, -0.25) is 15.5 Å². The Morgan fingerprint density at radius 2 is 1.78 bits per heavy atom. The summed E-state index contributed by atoms with van der Waals surface area (Å²) in [6, 6.07) is 20.6. The molecular formula is C20H16BrN3O2S. The zero-order valence-electron chi connectivity index (χ0n) is 14.4. The van der Waals surface area contributed by atoms with Crippen molar-refractivity contribution in [2.24, 2.45) is 5.10 Å². The Hall–Kier alpha value is -2.64. The van der Waals surface area contributed by atoms with Gasteiger partial charge in [-0.05, 0) is 49.4 Å². The van der Waals surface area contributed by atoms with Gasteiger partial charge in [-0.2, -0.15) is 5.10 Å². The van der Waals surface area contributed by atoms with Crippen molar-refractivity contribution in [1.82, 2.24) is 0 Å². The van der Waals surface area contributed by atoms with Crippen LogP contribution < -0.4 is 5.43 Å². The van der Waals surface area contributed by atoms with E-state index in [1.165, 1.54) is 17.8 Å². The lowest BCUT2D eigenvalue weighted by Gasteiger charge is -2.05. The summed E-state index contributed by atoms with van der Waals surface area (Å²) in [5.41, 5.74) is 5.60. The Morgan fingerprint density at radius 1 is 1.07 bits per heavy atom. The van der Waals surface area contributed by atoms with Crippen LogP contribution in [0.3, 0.4) is 0 Å². The quantitative estimate of drug-likeness (QED) is 0.278. The third kappa shape index (κ3) is 5.42. The van der Waals surface area contributed by atoms with E-state index in [9.17, 15) is 10.1 Å². The van der Waals surface area contributed by atoms with Crippen molar-refractivity contribution >= 4 is 45.3 Å². The Labute approximate surface area is 169 Å². The number of benzene rings is 3. The lowest BCUT2D eigenvalue weighted by molar-refractivity contribution is -0.387. The summed E-state index contributed by atoms with van der Waals surface area (Å²) in [6.45, 7) is 2.01. The van der Waals surface area contributed by atoms with Gasteiger partial charge >= 0.3 is 0 Å². The number of nitrogens with one attached hydrogen (secondary N) is 1. The van der Waals surface area contributed by atoms with Crippen LogP contribution in [0.2, 0.25) is 0 Å². The minimum absolute atomic E-state index is 0.0631. The fourth-order valence-electron chi connectivity index (χ4n) is 2.28. The topological polar surface area (TPSA) is 67.5 Å². The Morgan fingerprint density at radius 3 is 2.44 bits per heavy atom. The highest BCUT2D eigenvalue weighted by molar-refractivity contribution is 9.10. The number of aryl methyl sites for hydroxylation is 1. The van der Waals surface area contributed by atoms with Crippen LogP contribution in [-0.2, 0) is 0 Å². The molecule has 0 atom stereocenters. The molecule has 1 N–H and O–H groups in total. The first kappa shape index (κ1) is 19.1.